The lowest BCUT2D eigenvalue weighted by Crippen LogP contribution is -2.34. The van der Waals surface area contributed by atoms with E-state index in [0.717, 1.165) is 36.8 Å². The second-order valence-electron chi connectivity index (χ2n) is 8.35. The largest absolute Gasteiger partial charge is 0.381 e. The van der Waals surface area contributed by atoms with Crippen LogP contribution in [0.25, 0.3) is 0 Å². The Morgan fingerprint density at radius 1 is 1.24 bits per heavy atom. The van der Waals surface area contributed by atoms with E-state index in [9.17, 15) is 4.79 Å². The smallest absolute Gasteiger partial charge is 0.249 e. The summed E-state index contributed by atoms with van der Waals surface area (Å²) in [5.41, 5.74) is 1.91. The fraction of sp³-hybridized carbons (Fsp3) is 0.714. The van der Waals surface area contributed by atoms with Gasteiger partial charge in [-0.25, -0.2) is 0 Å². The second kappa shape index (κ2) is 9.07. The number of ether oxygens (including phenoxy) is 1. The lowest BCUT2D eigenvalue weighted by Gasteiger charge is -2.22. The van der Waals surface area contributed by atoms with Gasteiger partial charge in [0, 0.05) is 25.3 Å². The second-order valence-corrected chi connectivity index (χ2v) is 8.35. The molecule has 3 heterocycles. The molecule has 0 spiro atoms. The minimum Gasteiger partial charge on any atom is -0.381 e. The SMILES string of the molecule is Cc1cc(C)n(CC(=O)N2CCCC2c2nc(CCOCC3CCCC3)no2)n1. The lowest BCUT2D eigenvalue weighted by atomic mass is 10.1. The molecule has 0 aromatic carbocycles. The van der Waals surface area contributed by atoms with Gasteiger partial charge in [-0.3, -0.25) is 9.48 Å². The van der Waals surface area contributed by atoms with Gasteiger partial charge >= 0.3 is 0 Å². The van der Waals surface area contributed by atoms with Gasteiger partial charge in [0.05, 0.1) is 12.3 Å². The summed E-state index contributed by atoms with van der Waals surface area (Å²) in [5.74, 6) is 1.95. The van der Waals surface area contributed by atoms with Gasteiger partial charge in [0.2, 0.25) is 11.8 Å². The van der Waals surface area contributed by atoms with Crippen molar-refractivity contribution in [2.75, 3.05) is 19.8 Å². The van der Waals surface area contributed by atoms with E-state index >= 15 is 0 Å². The molecule has 0 N–H and O–H groups in total. The number of hydrogen-bond acceptors (Lipinski definition) is 6. The number of carbonyl (C=O) groups excluding carboxylic acids is 1. The zero-order valence-corrected chi connectivity index (χ0v) is 17.5. The molecule has 2 aromatic rings. The lowest BCUT2D eigenvalue weighted by molar-refractivity contribution is -0.133. The summed E-state index contributed by atoms with van der Waals surface area (Å²) in [5, 5.41) is 8.50. The third-order valence-corrected chi connectivity index (χ3v) is 6.03. The molecule has 2 aromatic heterocycles. The summed E-state index contributed by atoms with van der Waals surface area (Å²) >= 11 is 0. The number of aromatic nitrogens is 4. The zero-order chi connectivity index (χ0) is 20.2. The molecule has 1 aliphatic heterocycles. The van der Waals surface area contributed by atoms with Gasteiger partial charge in [-0.1, -0.05) is 18.0 Å². The molecule has 1 atom stereocenters. The van der Waals surface area contributed by atoms with Gasteiger partial charge in [-0.05, 0) is 51.5 Å². The van der Waals surface area contributed by atoms with Crippen molar-refractivity contribution in [2.24, 2.45) is 5.92 Å². The van der Waals surface area contributed by atoms with Gasteiger partial charge in [-0.15, -0.1) is 0 Å². The van der Waals surface area contributed by atoms with Crippen molar-refractivity contribution in [3.05, 3.63) is 29.2 Å². The Labute approximate surface area is 171 Å². The summed E-state index contributed by atoms with van der Waals surface area (Å²) in [7, 11) is 0. The van der Waals surface area contributed by atoms with Crippen molar-refractivity contribution >= 4 is 5.91 Å². The van der Waals surface area contributed by atoms with E-state index in [-0.39, 0.29) is 18.5 Å². The molecule has 1 amide bonds. The van der Waals surface area contributed by atoms with Crippen LogP contribution in [0.3, 0.4) is 0 Å². The minimum absolute atomic E-state index is 0.0401. The Kier molecular flexibility index (Phi) is 6.28. The van der Waals surface area contributed by atoms with E-state index in [2.05, 4.69) is 15.2 Å². The normalized spacial score (nSPS) is 20.1. The van der Waals surface area contributed by atoms with Gasteiger partial charge < -0.3 is 14.2 Å². The van der Waals surface area contributed by atoms with E-state index in [4.69, 9.17) is 9.26 Å². The number of rotatable bonds is 8. The van der Waals surface area contributed by atoms with Crippen LogP contribution in [0.1, 0.15) is 67.7 Å². The Hall–Kier alpha value is -2.22. The molecule has 0 bridgehead atoms. The van der Waals surface area contributed by atoms with Crippen LogP contribution in [-0.4, -0.2) is 50.5 Å². The van der Waals surface area contributed by atoms with Crippen molar-refractivity contribution in [1.29, 1.82) is 0 Å². The highest BCUT2D eigenvalue weighted by Crippen LogP contribution is 2.31. The number of carbonyl (C=O) groups is 1. The van der Waals surface area contributed by atoms with Crippen LogP contribution in [0.5, 0.6) is 0 Å². The fourth-order valence-electron chi connectivity index (χ4n) is 4.47. The highest BCUT2D eigenvalue weighted by molar-refractivity contribution is 5.76. The third-order valence-electron chi connectivity index (χ3n) is 6.03. The molecule has 1 saturated heterocycles. The van der Waals surface area contributed by atoms with Crippen molar-refractivity contribution in [3.63, 3.8) is 0 Å². The Morgan fingerprint density at radius 2 is 2.07 bits per heavy atom. The number of hydrogen-bond donors (Lipinski definition) is 0. The number of aryl methyl sites for hydroxylation is 2. The van der Waals surface area contributed by atoms with E-state index in [0.29, 0.717) is 31.3 Å². The summed E-state index contributed by atoms with van der Waals surface area (Å²) in [6.07, 6.45) is 7.67. The van der Waals surface area contributed by atoms with Crippen molar-refractivity contribution in [2.45, 2.75) is 71.4 Å². The van der Waals surface area contributed by atoms with Crippen LogP contribution in [0.4, 0.5) is 0 Å². The Balaban J connectivity index is 1.30. The highest BCUT2D eigenvalue weighted by Gasteiger charge is 2.34. The summed E-state index contributed by atoms with van der Waals surface area (Å²) in [6.45, 7) is 6.30. The molecule has 8 nitrogen and oxygen atoms in total. The number of amides is 1. The molecule has 0 radical (unpaired) electrons. The maximum absolute atomic E-state index is 12.9. The molecule has 29 heavy (non-hydrogen) atoms. The molecule has 158 valence electrons. The first-order valence-electron chi connectivity index (χ1n) is 10.8. The Morgan fingerprint density at radius 3 is 2.83 bits per heavy atom. The van der Waals surface area contributed by atoms with E-state index in [1.807, 2.05) is 24.8 Å². The first-order valence-corrected chi connectivity index (χ1v) is 10.8. The van der Waals surface area contributed by atoms with E-state index < -0.39 is 0 Å². The van der Waals surface area contributed by atoms with E-state index in [1.165, 1.54) is 25.7 Å². The van der Waals surface area contributed by atoms with Crippen molar-refractivity contribution in [3.8, 4) is 0 Å². The fourth-order valence-corrected chi connectivity index (χ4v) is 4.47. The van der Waals surface area contributed by atoms with Gasteiger partial charge in [-0.2, -0.15) is 10.1 Å². The minimum atomic E-state index is -0.139. The maximum Gasteiger partial charge on any atom is 0.249 e. The van der Waals surface area contributed by atoms with Crippen LogP contribution >= 0.6 is 0 Å². The van der Waals surface area contributed by atoms with Gasteiger partial charge in [0.1, 0.15) is 12.6 Å². The molecule has 8 heteroatoms. The number of likely N-dealkylation sites (tertiary alicyclic amines) is 1. The molecule has 1 unspecified atom stereocenters. The molecule has 1 saturated carbocycles. The van der Waals surface area contributed by atoms with Crippen molar-refractivity contribution in [1.82, 2.24) is 24.8 Å². The third kappa shape index (κ3) is 4.86. The zero-order valence-electron chi connectivity index (χ0n) is 17.5. The van der Waals surface area contributed by atoms with E-state index in [1.54, 1.807) is 4.68 Å². The van der Waals surface area contributed by atoms with Crippen LogP contribution < -0.4 is 0 Å². The van der Waals surface area contributed by atoms with Crippen LogP contribution in [0.15, 0.2) is 10.6 Å². The molecular formula is C21H31N5O3. The Bertz CT molecular complexity index is 824. The van der Waals surface area contributed by atoms with Crippen LogP contribution in [-0.2, 0) is 22.5 Å². The van der Waals surface area contributed by atoms with Gasteiger partial charge in [0.25, 0.3) is 0 Å². The monoisotopic (exact) mass is 401 g/mol. The summed E-state index contributed by atoms with van der Waals surface area (Å²) < 4.78 is 13.1. The highest BCUT2D eigenvalue weighted by atomic mass is 16.5. The number of nitrogens with zero attached hydrogens (tertiary/aromatic N) is 5. The topological polar surface area (TPSA) is 86.3 Å². The molecule has 2 aliphatic rings. The van der Waals surface area contributed by atoms with Crippen LogP contribution in [0.2, 0.25) is 0 Å². The maximum atomic E-state index is 12.9. The molecule has 1 aliphatic carbocycles. The summed E-state index contributed by atoms with van der Waals surface area (Å²) in [4.78, 5) is 19.3. The standard InChI is InChI=1S/C21H31N5O3/c1-15-12-16(2)26(23-15)13-20(27)25-10-5-8-18(25)21-22-19(24-29-21)9-11-28-14-17-6-3-4-7-17/h12,17-18H,3-11,13-14H2,1-2H3. The van der Waals surface area contributed by atoms with Crippen molar-refractivity contribution < 1.29 is 14.1 Å². The van der Waals surface area contributed by atoms with Crippen LogP contribution in [0, 0.1) is 19.8 Å². The molecule has 4 rings (SSSR count). The van der Waals surface area contributed by atoms with Gasteiger partial charge in [0.15, 0.2) is 5.82 Å². The first kappa shape index (κ1) is 20.1. The average molecular weight is 402 g/mol. The first-order chi connectivity index (χ1) is 14.1. The summed E-state index contributed by atoms with van der Waals surface area (Å²) in [6, 6.07) is 1.84. The quantitative estimate of drug-likeness (QED) is 0.632. The molecular weight excluding hydrogens is 370 g/mol. The molecule has 2 fully saturated rings. The predicted molar refractivity (Wildman–Crippen MR) is 106 cm³/mol. The predicted octanol–water partition coefficient (Wildman–Crippen LogP) is 3.00. The average Bonchev–Trinajstić information content (AvgIpc) is 3.47.